The third-order valence-electron chi connectivity index (χ3n) is 6.52. The van der Waals surface area contributed by atoms with Crippen LogP contribution >= 0.6 is 15.9 Å². The molecular formula is C26H26BrFN6O. The van der Waals surface area contributed by atoms with E-state index in [2.05, 4.69) is 31.3 Å². The van der Waals surface area contributed by atoms with Gasteiger partial charge >= 0.3 is 0 Å². The summed E-state index contributed by atoms with van der Waals surface area (Å²) in [5.74, 6) is 0.163. The Hall–Kier alpha value is -3.33. The first-order valence-electron chi connectivity index (χ1n) is 11.7. The van der Waals surface area contributed by atoms with E-state index in [0.29, 0.717) is 19.6 Å². The molecule has 4 heterocycles. The van der Waals surface area contributed by atoms with Crippen molar-refractivity contribution in [2.24, 2.45) is 0 Å². The minimum atomic E-state index is -0.742. The SMILES string of the molecule is O=C(C(CF)c1ccccc1)N1CCC(c2cc(NCc3cccnc3)n3ncc(Br)c3n2)CC1. The van der Waals surface area contributed by atoms with Crippen LogP contribution < -0.4 is 5.32 Å². The summed E-state index contributed by atoms with van der Waals surface area (Å²) in [4.78, 5) is 23.9. The van der Waals surface area contributed by atoms with Crippen molar-refractivity contribution >= 4 is 33.3 Å². The van der Waals surface area contributed by atoms with Crippen LogP contribution in [0.3, 0.4) is 0 Å². The standard InChI is InChI=1S/C26H26BrFN6O/c27-22-17-31-34-24(30-16-18-5-4-10-29-15-18)13-23(32-25(22)34)20-8-11-33(12-9-20)26(35)21(14-28)19-6-2-1-3-7-19/h1-7,10,13,15,17,20-21,30H,8-9,11-12,14,16H2. The highest BCUT2D eigenvalue weighted by Gasteiger charge is 2.30. The van der Waals surface area contributed by atoms with Crippen LogP contribution in [0.15, 0.2) is 71.6 Å². The number of nitrogens with one attached hydrogen (secondary N) is 1. The Labute approximate surface area is 211 Å². The van der Waals surface area contributed by atoms with Gasteiger partial charge in [0.15, 0.2) is 5.65 Å². The van der Waals surface area contributed by atoms with Gasteiger partial charge in [0.05, 0.1) is 16.6 Å². The number of alkyl halides is 1. The summed E-state index contributed by atoms with van der Waals surface area (Å²) in [6.45, 7) is 1.08. The number of aromatic nitrogens is 4. The molecule has 1 atom stereocenters. The van der Waals surface area contributed by atoms with Crippen LogP contribution in [0.4, 0.5) is 10.2 Å². The normalized spacial score (nSPS) is 15.3. The van der Waals surface area contributed by atoms with Gasteiger partial charge in [0.1, 0.15) is 12.5 Å². The van der Waals surface area contributed by atoms with Gasteiger partial charge in [-0.05, 0) is 46.0 Å². The maximum Gasteiger partial charge on any atom is 0.232 e. The third kappa shape index (κ3) is 5.05. The molecule has 0 aliphatic carbocycles. The second kappa shape index (κ2) is 10.5. The number of pyridine rings is 1. The van der Waals surface area contributed by atoms with Crippen molar-refractivity contribution in [1.82, 2.24) is 24.5 Å². The number of hydrogen-bond acceptors (Lipinski definition) is 5. The molecule has 9 heteroatoms. The minimum Gasteiger partial charge on any atom is -0.366 e. The molecular weight excluding hydrogens is 511 g/mol. The van der Waals surface area contributed by atoms with Crippen LogP contribution in [-0.4, -0.2) is 50.2 Å². The summed E-state index contributed by atoms with van der Waals surface area (Å²) in [5.41, 5.74) is 3.50. The van der Waals surface area contributed by atoms with Gasteiger partial charge in [0.2, 0.25) is 5.91 Å². The van der Waals surface area contributed by atoms with Gasteiger partial charge in [-0.2, -0.15) is 9.61 Å². The molecule has 1 unspecified atom stereocenters. The highest BCUT2D eigenvalue weighted by molar-refractivity contribution is 9.10. The number of anilines is 1. The molecule has 5 rings (SSSR count). The number of nitrogens with zero attached hydrogens (tertiary/aromatic N) is 5. The lowest BCUT2D eigenvalue weighted by molar-refractivity contribution is -0.134. The molecule has 1 fully saturated rings. The van der Waals surface area contributed by atoms with E-state index in [1.54, 1.807) is 21.8 Å². The number of rotatable bonds is 7. The van der Waals surface area contributed by atoms with Gasteiger partial charge in [-0.3, -0.25) is 9.78 Å². The third-order valence-corrected chi connectivity index (χ3v) is 7.08. The Morgan fingerprint density at radius 3 is 2.66 bits per heavy atom. The monoisotopic (exact) mass is 536 g/mol. The number of carbonyl (C=O) groups is 1. The fraction of sp³-hybridized carbons (Fsp3) is 0.308. The fourth-order valence-electron chi connectivity index (χ4n) is 4.58. The molecule has 1 amide bonds. The number of fused-ring (bicyclic) bond motifs is 1. The first kappa shape index (κ1) is 23.4. The van der Waals surface area contributed by atoms with Crippen LogP contribution in [0.5, 0.6) is 0 Å². The average molecular weight is 537 g/mol. The van der Waals surface area contributed by atoms with Crippen LogP contribution in [-0.2, 0) is 11.3 Å². The predicted octanol–water partition coefficient (Wildman–Crippen LogP) is 4.96. The largest absolute Gasteiger partial charge is 0.366 e. The maximum absolute atomic E-state index is 13.8. The molecule has 1 aliphatic heterocycles. The molecule has 4 aromatic rings. The van der Waals surface area contributed by atoms with E-state index in [1.807, 2.05) is 54.7 Å². The van der Waals surface area contributed by atoms with Crippen molar-refractivity contribution in [2.75, 3.05) is 25.1 Å². The van der Waals surface area contributed by atoms with Gasteiger partial charge in [-0.25, -0.2) is 9.37 Å². The van der Waals surface area contributed by atoms with Gasteiger partial charge in [0, 0.05) is 49.7 Å². The number of hydrogen-bond donors (Lipinski definition) is 1. The van der Waals surface area contributed by atoms with Crippen LogP contribution in [0.1, 0.15) is 41.5 Å². The van der Waals surface area contributed by atoms with Crippen LogP contribution in [0.2, 0.25) is 0 Å². The molecule has 1 saturated heterocycles. The lowest BCUT2D eigenvalue weighted by Gasteiger charge is -2.34. The molecule has 1 N–H and O–H groups in total. The summed E-state index contributed by atoms with van der Waals surface area (Å²) in [6.07, 6.45) is 6.87. The van der Waals surface area contributed by atoms with E-state index < -0.39 is 12.6 Å². The Morgan fingerprint density at radius 1 is 1.14 bits per heavy atom. The second-order valence-electron chi connectivity index (χ2n) is 8.73. The zero-order valence-corrected chi connectivity index (χ0v) is 20.7. The molecule has 0 saturated carbocycles. The number of piperidine rings is 1. The zero-order valence-electron chi connectivity index (χ0n) is 19.1. The Morgan fingerprint density at radius 2 is 1.94 bits per heavy atom. The van der Waals surface area contributed by atoms with E-state index in [9.17, 15) is 9.18 Å². The number of carbonyl (C=O) groups excluding carboxylic acids is 1. The van der Waals surface area contributed by atoms with Crippen LogP contribution in [0, 0.1) is 0 Å². The Bertz CT molecular complexity index is 1290. The van der Waals surface area contributed by atoms with Crippen molar-refractivity contribution in [3.05, 3.63) is 88.4 Å². The molecule has 3 aromatic heterocycles. The smallest absolute Gasteiger partial charge is 0.232 e. The maximum atomic E-state index is 13.8. The van der Waals surface area contributed by atoms with Crippen molar-refractivity contribution < 1.29 is 9.18 Å². The topological polar surface area (TPSA) is 75.4 Å². The summed E-state index contributed by atoms with van der Waals surface area (Å²) in [6, 6.07) is 15.2. The molecule has 0 radical (unpaired) electrons. The number of likely N-dealkylation sites (tertiary alicyclic amines) is 1. The van der Waals surface area contributed by atoms with E-state index in [1.165, 1.54) is 0 Å². The van der Waals surface area contributed by atoms with Crippen LogP contribution in [0.25, 0.3) is 5.65 Å². The summed E-state index contributed by atoms with van der Waals surface area (Å²) < 4.78 is 16.4. The quantitative estimate of drug-likeness (QED) is 0.361. The molecule has 7 nitrogen and oxygen atoms in total. The molecule has 0 spiro atoms. The van der Waals surface area contributed by atoms with Gasteiger partial charge < -0.3 is 10.2 Å². The molecule has 35 heavy (non-hydrogen) atoms. The van der Waals surface area contributed by atoms with Crippen molar-refractivity contribution in [2.45, 2.75) is 31.2 Å². The molecule has 1 aromatic carbocycles. The molecule has 180 valence electrons. The summed E-state index contributed by atoms with van der Waals surface area (Å²) >= 11 is 3.56. The number of halogens is 2. The average Bonchev–Trinajstić information content (AvgIpc) is 3.29. The van der Waals surface area contributed by atoms with E-state index >= 15 is 0 Å². The lowest BCUT2D eigenvalue weighted by Crippen LogP contribution is -2.41. The summed E-state index contributed by atoms with van der Waals surface area (Å²) in [5, 5.41) is 7.91. The highest BCUT2D eigenvalue weighted by atomic mass is 79.9. The summed E-state index contributed by atoms with van der Waals surface area (Å²) in [7, 11) is 0. The van der Waals surface area contributed by atoms with Crippen molar-refractivity contribution in [3.8, 4) is 0 Å². The lowest BCUT2D eigenvalue weighted by atomic mass is 9.91. The fourth-order valence-corrected chi connectivity index (χ4v) is 4.93. The van der Waals surface area contributed by atoms with Gasteiger partial charge in [-0.1, -0.05) is 36.4 Å². The van der Waals surface area contributed by atoms with Gasteiger partial charge in [-0.15, -0.1) is 0 Å². The first-order valence-corrected chi connectivity index (χ1v) is 12.5. The van der Waals surface area contributed by atoms with Gasteiger partial charge in [0.25, 0.3) is 0 Å². The predicted molar refractivity (Wildman–Crippen MR) is 136 cm³/mol. The van der Waals surface area contributed by atoms with E-state index in [0.717, 1.165) is 45.6 Å². The Balaban J connectivity index is 1.31. The molecule has 1 aliphatic rings. The second-order valence-corrected chi connectivity index (χ2v) is 9.58. The van der Waals surface area contributed by atoms with Crippen molar-refractivity contribution in [3.63, 3.8) is 0 Å². The number of amides is 1. The first-order chi connectivity index (χ1) is 17.1. The van der Waals surface area contributed by atoms with E-state index in [4.69, 9.17) is 4.98 Å². The van der Waals surface area contributed by atoms with E-state index in [-0.39, 0.29) is 11.8 Å². The number of benzene rings is 1. The minimum absolute atomic E-state index is 0.141. The zero-order chi connectivity index (χ0) is 24.2. The molecule has 0 bridgehead atoms. The highest BCUT2D eigenvalue weighted by Crippen LogP contribution is 2.32. The Kier molecular flexibility index (Phi) is 7.03. The van der Waals surface area contributed by atoms with Crippen molar-refractivity contribution in [1.29, 1.82) is 0 Å².